The second-order valence-electron chi connectivity index (χ2n) is 10.7. The number of Topliss-reactive ketones (excluding diaryl/α,β-unsaturated/α-hetero) is 1. The number of hydrogen-bond donors (Lipinski definition) is 1. The van der Waals surface area contributed by atoms with Gasteiger partial charge in [0.05, 0.1) is 18.2 Å². The first-order valence-electron chi connectivity index (χ1n) is 14.2. The quantitative estimate of drug-likeness (QED) is 0.118. The minimum atomic E-state index is -0.707. The molecule has 1 saturated heterocycles. The van der Waals surface area contributed by atoms with Crippen LogP contribution in [0.4, 0.5) is 0 Å². The van der Waals surface area contributed by atoms with E-state index in [9.17, 15) is 14.7 Å². The van der Waals surface area contributed by atoms with Crippen LogP contribution in [0.25, 0.3) is 5.76 Å². The van der Waals surface area contributed by atoms with Gasteiger partial charge < -0.3 is 24.4 Å². The molecule has 41 heavy (non-hydrogen) atoms. The number of ether oxygens (including phenoxy) is 2. The average Bonchev–Trinajstić information content (AvgIpc) is 3.23. The summed E-state index contributed by atoms with van der Waals surface area (Å²) >= 11 is 0. The highest BCUT2D eigenvalue weighted by atomic mass is 16.5. The normalized spacial score (nSPS) is 16.4. The number of nitrogens with zero attached hydrogens (tertiary/aromatic N) is 2. The molecule has 0 saturated carbocycles. The Hall–Kier alpha value is -4.10. The lowest BCUT2D eigenvalue weighted by molar-refractivity contribution is -0.140. The Morgan fingerprint density at radius 3 is 2.22 bits per heavy atom. The van der Waals surface area contributed by atoms with Gasteiger partial charge in [0.15, 0.2) is 0 Å². The van der Waals surface area contributed by atoms with E-state index in [0.717, 1.165) is 41.7 Å². The highest BCUT2D eigenvalue weighted by Gasteiger charge is 2.45. The van der Waals surface area contributed by atoms with Gasteiger partial charge in [-0.05, 0) is 80.5 Å². The Kier molecular flexibility index (Phi) is 10.2. The lowest BCUT2D eigenvalue weighted by Gasteiger charge is -2.26. The lowest BCUT2D eigenvalue weighted by Crippen LogP contribution is -2.35. The Morgan fingerprint density at radius 1 is 0.902 bits per heavy atom. The first kappa shape index (κ1) is 29.9. The van der Waals surface area contributed by atoms with Crippen LogP contribution in [0.3, 0.4) is 0 Å². The molecule has 3 aromatic carbocycles. The second-order valence-corrected chi connectivity index (χ2v) is 10.7. The van der Waals surface area contributed by atoms with Gasteiger partial charge in [-0.2, -0.15) is 0 Å². The number of ketones is 1. The predicted octanol–water partition coefficient (Wildman–Crippen LogP) is 6.13. The van der Waals surface area contributed by atoms with Gasteiger partial charge in [0.1, 0.15) is 23.9 Å². The van der Waals surface area contributed by atoms with E-state index in [-0.39, 0.29) is 11.3 Å². The molecule has 1 fully saturated rings. The molecule has 1 unspecified atom stereocenters. The van der Waals surface area contributed by atoms with Gasteiger partial charge in [-0.1, -0.05) is 56.2 Å². The van der Waals surface area contributed by atoms with Crippen molar-refractivity contribution in [2.75, 3.05) is 33.8 Å². The molecular weight excluding hydrogens is 516 g/mol. The van der Waals surface area contributed by atoms with E-state index < -0.39 is 17.7 Å². The molecule has 0 aromatic heterocycles. The SMILES string of the molecule is CCCCCOc1ccc(C2C(=C(O)c3ccc(OCc4ccccc4C)cc3)C(=O)C(=O)N2CCN(C)C)cc1. The number of likely N-dealkylation sites (tertiary alicyclic amines) is 1. The van der Waals surface area contributed by atoms with Crippen LogP contribution in [0, 0.1) is 6.92 Å². The number of likely N-dealkylation sites (N-methyl/N-ethyl adjacent to an activating group) is 1. The second kappa shape index (κ2) is 14.0. The maximum atomic E-state index is 13.3. The summed E-state index contributed by atoms with van der Waals surface area (Å²) in [6, 6.07) is 21.7. The van der Waals surface area contributed by atoms with Crippen molar-refractivity contribution < 1.29 is 24.2 Å². The Balaban J connectivity index is 1.60. The first-order valence-corrected chi connectivity index (χ1v) is 14.2. The molecule has 1 N–H and O–H groups in total. The van der Waals surface area contributed by atoms with Crippen LogP contribution in [0.15, 0.2) is 78.4 Å². The Labute approximate surface area is 243 Å². The maximum absolute atomic E-state index is 13.3. The third kappa shape index (κ3) is 7.35. The zero-order chi connectivity index (χ0) is 29.4. The summed E-state index contributed by atoms with van der Waals surface area (Å²) in [4.78, 5) is 30.0. The fourth-order valence-electron chi connectivity index (χ4n) is 4.85. The molecule has 1 aliphatic rings. The van der Waals surface area contributed by atoms with Gasteiger partial charge in [0, 0.05) is 18.7 Å². The van der Waals surface area contributed by atoms with Gasteiger partial charge in [-0.25, -0.2) is 0 Å². The standard InChI is InChI=1S/C34H40N2O5/c1-5-6-9-22-40-28-16-12-25(13-17-28)31-30(33(38)34(39)36(31)21-20-35(3)4)32(37)26-14-18-29(19-15-26)41-23-27-11-8-7-10-24(27)2/h7-8,10-19,31,37H,5-6,9,20-23H2,1-4H3. The third-order valence-electron chi connectivity index (χ3n) is 7.32. The minimum Gasteiger partial charge on any atom is -0.507 e. The molecule has 7 nitrogen and oxygen atoms in total. The molecular formula is C34H40N2O5. The molecule has 1 heterocycles. The zero-order valence-electron chi connectivity index (χ0n) is 24.4. The zero-order valence-corrected chi connectivity index (χ0v) is 24.4. The van der Waals surface area contributed by atoms with Crippen molar-refractivity contribution in [3.8, 4) is 11.5 Å². The van der Waals surface area contributed by atoms with Crippen LogP contribution < -0.4 is 9.47 Å². The summed E-state index contributed by atoms with van der Waals surface area (Å²) in [6.45, 7) is 6.18. The largest absolute Gasteiger partial charge is 0.507 e. The third-order valence-corrected chi connectivity index (χ3v) is 7.32. The van der Waals surface area contributed by atoms with Crippen molar-refractivity contribution >= 4 is 17.4 Å². The fraction of sp³-hybridized carbons (Fsp3) is 0.353. The van der Waals surface area contributed by atoms with E-state index in [2.05, 4.69) is 6.92 Å². The van der Waals surface area contributed by atoms with E-state index >= 15 is 0 Å². The number of rotatable bonds is 13. The number of aryl methyl sites for hydroxylation is 1. The molecule has 1 aliphatic heterocycles. The van der Waals surface area contributed by atoms with Gasteiger partial charge in [-0.3, -0.25) is 9.59 Å². The lowest BCUT2D eigenvalue weighted by atomic mass is 9.95. The average molecular weight is 557 g/mol. The van der Waals surface area contributed by atoms with E-state index in [1.54, 1.807) is 29.2 Å². The summed E-state index contributed by atoms with van der Waals surface area (Å²) in [7, 11) is 3.83. The van der Waals surface area contributed by atoms with Gasteiger partial charge >= 0.3 is 0 Å². The van der Waals surface area contributed by atoms with Gasteiger partial charge in [0.25, 0.3) is 11.7 Å². The first-order chi connectivity index (χ1) is 19.8. The molecule has 0 spiro atoms. The van der Waals surface area contributed by atoms with Gasteiger partial charge in [-0.15, -0.1) is 0 Å². The molecule has 0 bridgehead atoms. The smallest absolute Gasteiger partial charge is 0.295 e. The number of carbonyl (C=O) groups is 2. The van der Waals surface area contributed by atoms with E-state index in [0.29, 0.717) is 37.6 Å². The van der Waals surface area contributed by atoms with Crippen molar-refractivity contribution in [1.29, 1.82) is 0 Å². The molecule has 216 valence electrons. The van der Waals surface area contributed by atoms with Crippen LogP contribution in [0.2, 0.25) is 0 Å². The Bertz CT molecular complexity index is 1360. The van der Waals surface area contributed by atoms with Crippen LogP contribution in [0.1, 0.15) is 54.5 Å². The van der Waals surface area contributed by atoms with Crippen LogP contribution in [-0.2, 0) is 16.2 Å². The van der Waals surface area contributed by atoms with E-state index in [1.807, 2.05) is 74.4 Å². The molecule has 7 heteroatoms. The van der Waals surface area contributed by atoms with Crippen molar-refractivity contribution in [2.24, 2.45) is 0 Å². The number of aliphatic hydroxyl groups excluding tert-OH is 1. The summed E-state index contributed by atoms with van der Waals surface area (Å²) in [5.41, 5.74) is 3.51. The van der Waals surface area contributed by atoms with Crippen LogP contribution in [-0.4, -0.2) is 60.4 Å². The van der Waals surface area contributed by atoms with Crippen molar-refractivity contribution in [2.45, 2.75) is 45.8 Å². The number of amides is 1. The van der Waals surface area contributed by atoms with Crippen molar-refractivity contribution in [3.05, 3.63) is 101 Å². The van der Waals surface area contributed by atoms with E-state index in [1.165, 1.54) is 0 Å². The number of unbranched alkanes of at least 4 members (excludes halogenated alkanes) is 2. The van der Waals surface area contributed by atoms with Crippen molar-refractivity contribution in [1.82, 2.24) is 9.80 Å². The molecule has 3 aromatic rings. The number of hydrogen-bond acceptors (Lipinski definition) is 6. The minimum absolute atomic E-state index is 0.0824. The van der Waals surface area contributed by atoms with Crippen LogP contribution >= 0.6 is 0 Å². The molecule has 0 aliphatic carbocycles. The number of benzene rings is 3. The summed E-state index contributed by atoms with van der Waals surface area (Å²) in [5.74, 6) is -0.132. The predicted molar refractivity (Wildman–Crippen MR) is 161 cm³/mol. The summed E-state index contributed by atoms with van der Waals surface area (Å²) in [6.07, 6.45) is 3.22. The monoisotopic (exact) mass is 556 g/mol. The highest BCUT2D eigenvalue weighted by molar-refractivity contribution is 6.46. The van der Waals surface area contributed by atoms with Crippen LogP contribution in [0.5, 0.6) is 11.5 Å². The summed E-state index contributed by atoms with van der Waals surface area (Å²) in [5, 5.41) is 11.4. The van der Waals surface area contributed by atoms with Crippen molar-refractivity contribution in [3.63, 3.8) is 0 Å². The summed E-state index contributed by atoms with van der Waals surface area (Å²) < 4.78 is 11.8. The molecule has 1 amide bonds. The van der Waals surface area contributed by atoms with E-state index in [4.69, 9.17) is 9.47 Å². The molecule has 1 atom stereocenters. The maximum Gasteiger partial charge on any atom is 0.295 e. The number of carbonyl (C=O) groups excluding carboxylic acids is 2. The highest BCUT2D eigenvalue weighted by Crippen LogP contribution is 2.40. The Morgan fingerprint density at radius 2 is 1.56 bits per heavy atom. The molecule has 4 rings (SSSR count). The topological polar surface area (TPSA) is 79.3 Å². The number of aliphatic hydroxyl groups is 1. The van der Waals surface area contributed by atoms with Gasteiger partial charge in [0.2, 0.25) is 0 Å². The molecule has 0 radical (unpaired) electrons. The fourth-order valence-corrected chi connectivity index (χ4v) is 4.85.